The highest BCUT2D eigenvalue weighted by Gasteiger charge is 2.22. The summed E-state index contributed by atoms with van der Waals surface area (Å²) in [4.78, 5) is 25.7. The van der Waals surface area contributed by atoms with Gasteiger partial charge in [-0.15, -0.1) is 0 Å². The van der Waals surface area contributed by atoms with Gasteiger partial charge in [-0.3, -0.25) is 14.9 Å². The Kier molecular flexibility index (Phi) is 7.68. The van der Waals surface area contributed by atoms with E-state index in [-0.39, 0.29) is 6.09 Å². The van der Waals surface area contributed by atoms with Crippen molar-refractivity contribution in [3.63, 3.8) is 0 Å². The topological polar surface area (TPSA) is 58.6 Å². The van der Waals surface area contributed by atoms with Crippen LogP contribution >= 0.6 is 0 Å². The number of amides is 1. The molecule has 6 nitrogen and oxygen atoms in total. The second kappa shape index (κ2) is 11.1. The molecule has 33 heavy (non-hydrogen) atoms. The van der Waals surface area contributed by atoms with Gasteiger partial charge in [-0.2, -0.15) is 0 Å². The number of pyridine rings is 2. The zero-order valence-electron chi connectivity index (χ0n) is 19.5. The normalized spacial score (nSPS) is 14.3. The molecule has 0 N–H and O–H groups in total. The minimum Gasteiger partial charge on any atom is -0.410 e. The molecule has 1 amide bonds. The van der Waals surface area contributed by atoms with E-state index in [1.54, 1.807) is 4.90 Å². The van der Waals surface area contributed by atoms with Crippen LogP contribution in [-0.2, 0) is 19.3 Å². The summed E-state index contributed by atoms with van der Waals surface area (Å²) in [6.07, 6.45) is 4.31. The summed E-state index contributed by atoms with van der Waals surface area (Å²) in [5.41, 5.74) is 5.70. The number of hydrogen-bond acceptors (Lipinski definition) is 5. The number of aryl methyl sites for hydroxylation is 4. The van der Waals surface area contributed by atoms with E-state index in [0.29, 0.717) is 18.8 Å². The second-order valence-electron chi connectivity index (χ2n) is 8.69. The van der Waals surface area contributed by atoms with Gasteiger partial charge in [0.05, 0.1) is 0 Å². The summed E-state index contributed by atoms with van der Waals surface area (Å²) in [6, 6.07) is 18.1. The highest BCUT2D eigenvalue weighted by atomic mass is 16.6. The number of piperazine rings is 1. The monoisotopic (exact) mass is 444 g/mol. The maximum absolute atomic E-state index is 12.6. The highest BCUT2D eigenvalue weighted by molar-refractivity contribution is 5.70. The molecule has 1 fully saturated rings. The minimum atomic E-state index is -0.272. The number of hydrogen-bond donors (Lipinski definition) is 0. The van der Waals surface area contributed by atoms with E-state index in [2.05, 4.69) is 40.0 Å². The van der Waals surface area contributed by atoms with Crippen LogP contribution in [0.2, 0.25) is 0 Å². The van der Waals surface area contributed by atoms with E-state index in [0.717, 1.165) is 56.0 Å². The quantitative estimate of drug-likeness (QED) is 0.546. The van der Waals surface area contributed by atoms with Gasteiger partial charge in [0.2, 0.25) is 0 Å². The van der Waals surface area contributed by atoms with Crippen LogP contribution in [-0.4, -0.2) is 58.6 Å². The second-order valence-corrected chi connectivity index (χ2v) is 8.69. The van der Waals surface area contributed by atoms with Gasteiger partial charge in [0.25, 0.3) is 0 Å². The molecule has 0 atom stereocenters. The minimum absolute atomic E-state index is 0.272. The maximum Gasteiger partial charge on any atom is 0.415 e. The number of rotatable bonds is 7. The molecule has 2 aromatic heterocycles. The van der Waals surface area contributed by atoms with Crippen LogP contribution in [0.4, 0.5) is 4.79 Å². The van der Waals surface area contributed by atoms with Crippen LogP contribution in [0.5, 0.6) is 5.75 Å². The largest absolute Gasteiger partial charge is 0.415 e. The van der Waals surface area contributed by atoms with Crippen LogP contribution < -0.4 is 4.74 Å². The van der Waals surface area contributed by atoms with Gasteiger partial charge in [0.1, 0.15) is 5.75 Å². The lowest BCUT2D eigenvalue weighted by Crippen LogP contribution is -2.49. The zero-order chi connectivity index (χ0) is 23.0. The summed E-state index contributed by atoms with van der Waals surface area (Å²) < 4.78 is 5.61. The lowest BCUT2D eigenvalue weighted by molar-refractivity contribution is 0.111. The van der Waals surface area contributed by atoms with Crippen molar-refractivity contribution in [2.75, 3.05) is 32.7 Å². The standard InChI is InChI=1S/C27H32N4O2/c1-21-12-14-28-25(20-21)9-6-23-7-10-26(11-8-23)33-27(32)31-18-16-30(17-19-31)15-13-24-5-3-4-22(2)29-24/h3-5,7-8,10-12,14,20H,6,9,13,15-19H2,1-2H3. The maximum atomic E-state index is 12.6. The summed E-state index contributed by atoms with van der Waals surface area (Å²) in [6.45, 7) is 8.13. The smallest absolute Gasteiger partial charge is 0.410 e. The molecule has 0 aliphatic carbocycles. The molecule has 1 aliphatic heterocycles. The molecule has 0 bridgehead atoms. The SMILES string of the molecule is Cc1ccnc(CCc2ccc(OC(=O)N3CCN(CCc4cccc(C)n4)CC3)cc2)c1. The Morgan fingerprint density at radius 2 is 1.70 bits per heavy atom. The molecule has 1 aromatic carbocycles. The Morgan fingerprint density at radius 1 is 0.909 bits per heavy atom. The fraction of sp³-hybridized carbons (Fsp3) is 0.370. The van der Waals surface area contributed by atoms with Crippen molar-refractivity contribution in [2.45, 2.75) is 33.1 Å². The van der Waals surface area contributed by atoms with Crippen molar-refractivity contribution >= 4 is 6.09 Å². The predicted molar refractivity (Wildman–Crippen MR) is 130 cm³/mol. The molecule has 0 spiro atoms. The van der Waals surface area contributed by atoms with Crippen molar-refractivity contribution in [1.29, 1.82) is 0 Å². The van der Waals surface area contributed by atoms with Crippen molar-refractivity contribution in [2.24, 2.45) is 0 Å². The van der Waals surface area contributed by atoms with Crippen molar-refractivity contribution in [3.05, 3.63) is 89.0 Å². The first kappa shape index (κ1) is 22.9. The van der Waals surface area contributed by atoms with Gasteiger partial charge in [-0.1, -0.05) is 18.2 Å². The molecule has 172 valence electrons. The Balaban J connectivity index is 1.19. The third kappa shape index (κ3) is 6.86. The zero-order valence-corrected chi connectivity index (χ0v) is 19.5. The fourth-order valence-corrected chi connectivity index (χ4v) is 4.06. The summed E-state index contributed by atoms with van der Waals surface area (Å²) in [7, 11) is 0. The van der Waals surface area contributed by atoms with E-state index < -0.39 is 0 Å². The molecule has 3 heterocycles. The van der Waals surface area contributed by atoms with Crippen LogP contribution in [0.25, 0.3) is 0 Å². The van der Waals surface area contributed by atoms with E-state index in [1.165, 1.54) is 11.1 Å². The van der Waals surface area contributed by atoms with Gasteiger partial charge in [0.15, 0.2) is 0 Å². The van der Waals surface area contributed by atoms with Crippen LogP contribution in [0.15, 0.2) is 60.8 Å². The van der Waals surface area contributed by atoms with Gasteiger partial charge >= 0.3 is 6.09 Å². The van der Waals surface area contributed by atoms with Gasteiger partial charge in [0, 0.05) is 62.4 Å². The molecular weight excluding hydrogens is 412 g/mol. The van der Waals surface area contributed by atoms with Crippen LogP contribution in [0, 0.1) is 13.8 Å². The predicted octanol–water partition coefficient (Wildman–Crippen LogP) is 4.24. The first-order chi connectivity index (χ1) is 16.0. The van der Waals surface area contributed by atoms with Crippen LogP contribution in [0.1, 0.15) is 28.2 Å². The average Bonchev–Trinajstić information content (AvgIpc) is 2.83. The molecular formula is C27H32N4O2. The van der Waals surface area contributed by atoms with Gasteiger partial charge < -0.3 is 9.64 Å². The van der Waals surface area contributed by atoms with Crippen LogP contribution in [0.3, 0.4) is 0 Å². The Morgan fingerprint density at radius 3 is 2.42 bits per heavy atom. The third-order valence-electron chi connectivity index (χ3n) is 6.03. The Hall–Kier alpha value is -3.25. The number of ether oxygens (including phenoxy) is 1. The fourth-order valence-electron chi connectivity index (χ4n) is 4.06. The molecule has 3 aromatic rings. The van der Waals surface area contributed by atoms with E-state index >= 15 is 0 Å². The Bertz CT molecular complexity index is 1060. The van der Waals surface area contributed by atoms with E-state index in [1.807, 2.05) is 49.5 Å². The van der Waals surface area contributed by atoms with Crippen molar-refractivity contribution in [3.8, 4) is 5.75 Å². The Labute approximate surface area is 196 Å². The summed E-state index contributed by atoms with van der Waals surface area (Å²) in [5, 5.41) is 0. The molecule has 0 radical (unpaired) electrons. The number of aromatic nitrogens is 2. The number of nitrogens with zero attached hydrogens (tertiary/aromatic N) is 4. The number of carbonyl (C=O) groups is 1. The number of benzene rings is 1. The average molecular weight is 445 g/mol. The van der Waals surface area contributed by atoms with E-state index in [4.69, 9.17) is 4.74 Å². The summed E-state index contributed by atoms with van der Waals surface area (Å²) in [5.74, 6) is 0.588. The summed E-state index contributed by atoms with van der Waals surface area (Å²) >= 11 is 0. The van der Waals surface area contributed by atoms with Crippen molar-refractivity contribution < 1.29 is 9.53 Å². The molecule has 1 saturated heterocycles. The lowest BCUT2D eigenvalue weighted by Gasteiger charge is -2.33. The first-order valence-electron chi connectivity index (χ1n) is 11.7. The first-order valence-corrected chi connectivity index (χ1v) is 11.7. The molecule has 0 unspecified atom stereocenters. The third-order valence-corrected chi connectivity index (χ3v) is 6.03. The van der Waals surface area contributed by atoms with Gasteiger partial charge in [-0.05, 0) is 74.2 Å². The van der Waals surface area contributed by atoms with Gasteiger partial charge in [-0.25, -0.2) is 4.79 Å². The molecule has 1 aliphatic rings. The van der Waals surface area contributed by atoms with Crippen molar-refractivity contribution in [1.82, 2.24) is 19.8 Å². The number of carbonyl (C=O) groups excluding carboxylic acids is 1. The lowest BCUT2D eigenvalue weighted by atomic mass is 10.1. The molecule has 6 heteroatoms. The molecule has 4 rings (SSSR count). The highest BCUT2D eigenvalue weighted by Crippen LogP contribution is 2.16. The molecule has 0 saturated carbocycles. The van der Waals surface area contributed by atoms with E-state index in [9.17, 15) is 4.79 Å².